The zero-order valence-corrected chi connectivity index (χ0v) is 11.3. The summed E-state index contributed by atoms with van der Waals surface area (Å²) < 4.78 is 0. The molecule has 2 heterocycles. The number of aromatic nitrogens is 3. The molecule has 1 saturated carbocycles. The zero-order valence-electron chi connectivity index (χ0n) is 11.3. The molecule has 2 aromatic heterocycles. The third-order valence-corrected chi connectivity index (χ3v) is 3.22. The SMILES string of the molecule is CCNc1cc(C2CC2)nc(-c2cccc(C)n2)n1. The Balaban J connectivity index is 2.03. The third-order valence-electron chi connectivity index (χ3n) is 3.22. The smallest absolute Gasteiger partial charge is 0.180 e. The van der Waals surface area contributed by atoms with E-state index in [0.29, 0.717) is 5.92 Å². The van der Waals surface area contributed by atoms with Crippen molar-refractivity contribution in [1.29, 1.82) is 0 Å². The van der Waals surface area contributed by atoms with E-state index in [9.17, 15) is 0 Å². The van der Waals surface area contributed by atoms with Gasteiger partial charge in [-0.1, -0.05) is 6.07 Å². The summed E-state index contributed by atoms with van der Waals surface area (Å²) in [5, 5.41) is 3.28. The molecule has 1 N–H and O–H groups in total. The lowest BCUT2D eigenvalue weighted by molar-refractivity contribution is 0.979. The predicted molar refractivity (Wildman–Crippen MR) is 76.1 cm³/mol. The van der Waals surface area contributed by atoms with E-state index >= 15 is 0 Å². The molecule has 0 amide bonds. The topological polar surface area (TPSA) is 50.7 Å². The first-order valence-corrected chi connectivity index (χ1v) is 6.83. The van der Waals surface area contributed by atoms with Crippen LogP contribution in [0.4, 0.5) is 5.82 Å². The van der Waals surface area contributed by atoms with Gasteiger partial charge < -0.3 is 5.32 Å². The third kappa shape index (κ3) is 2.72. The van der Waals surface area contributed by atoms with Gasteiger partial charge in [0.2, 0.25) is 0 Å². The van der Waals surface area contributed by atoms with E-state index in [4.69, 9.17) is 0 Å². The van der Waals surface area contributed by atoms with Crippen LogP contribution in [-0.2, 0) is 0 Å². The number of pyridine rings is 1. The Morgan fingerprint density at radius 1 is 1.21 bits per heavy atom. The van der Waals surface area contributed by atoms with Crippen molar-refractivity contribution < 1.29 is 0 Å². The maximum absolute atomic E-state index is 4.68. The van der Waals surface area contributed by atoms with Gasteiger partial charge in [-0.2, -0.15) is 0 Å². The van der Waals surface area contributed by atoms with E-state index < -0.39 is 0 Å². The number of hydrogen-bond acceptors (Lipinski definition) is 4. The Kier molecular flexibility index (Phi) is 3.15. The molecule has 0 aliphatic heterocycles. The second kappa shape index (κ2) is 4.96. The minimum atomic E-state index is 0.615. The molecule has 0 aromatic carbocycles. The Morgan fingerprint density at radius 2 is 2.05 bits per heavy atom. The van der Waals surface area contributed by atoms with E-state index in [-0.39, 0.29) is 0 Å². The lowest BCUT2D eigenvalue weighted by Crippen LogP contribution is -2.04. The Bertz CT molecular complexity index is 590. The number of aryl methyl sites for hydroxylation is 1. The van der Waals surface area contributed by atoms with Crippen molar-refractivity contribution in [2.24, 2.45) is 0 Å². The van der Waals surface area contributed by atoms with Gasteiger partial charge in [0.1, 0.15) is 11.5 Å². The highest BCUT2D eigenvalue weighted by atomic mass is 15.0. The van der Waals surface area contributed by atoms with Gasteiger partial charge in [0.15, 0.2) is 5.82 Å². The minimum absolute atomic E-state index is 0.615. The number of anilines is 1. The molecule has 0 unspecified atom stereocenters. The lowest BCUT2D eigenvalue weighted by atomic mass is 10.2. The molecule has 98 valence electrons. The van der Waals surface area contributed by atoms with Crippen molar-refractivity contribution in [2.75, 3.05) is 11.9 Å². The summed E-state index contributed by atoms with van der Waals surface area (Å²) in [4.78, 5) is 13.7. The van der Waals surface area contributed by atoms with E-state index in [1.807, 2.05) is 25.1 Å². The number of rotatable bonds is 4. The van der Waals surface area contributed by atoms with Gasteiger partial charge in [0.05, 0.1) is 0 Å². The zero-order chi connectivity index (χ0) is 13.2. The molecule has 1 aliphatic carbocycles. The summed E-state index contributed by atoms with van der Waals surface area (Å²) in [6.07, 6.45) is 2.48. The average Bonchev–Trinajstić information content (AvgIpc) is 3.23. The Hall–Kier alpha value is -1.97. The Morgan fingerprint density at radius 3 is 2.74 bits per heavy atom. The monoisotopic (exact) mass is 254 g/mol. The quantitative estimate of drug-likeness (QED) is 0.910. The molecule has 4 heteroatoms. The van der Waals surface area contributed by atoms with Crippen molar-refractivity contribution in [3.05, 3.63) is 35.7 Å². The molecule has 19 heavy (non-hydrogen) atoms. The summed E-state index contributed by atoms with van der Waals surface area (Å²) in [5.41, 5.74) is 2.98. The maximum Gasteiger partial charge on any atom is 0.180 e. The first-order valence-electron chi connectivity index (χ1n) is 6.83. The molecule has 0 radical (unpaired) electrons. The number of nitrogens with one attached hydrogen (secondary N) is 1. The van der Waals surface area contributed by atoms with Crippen LogP contribution in [0.5, 0.6) is 0 Å². The van der Waals surface area contributed by atoms with Crippen molar-refractivity contribution >= 4 is 5.82 Å². The molecule has 4 nitrogen and oxygen atoms in total. The molecular weight excluding hydrogens is 236 g/mol. The molecule has 0 atom stereocenters. The summed E-state index contributed by atoms with van der Waals surface area (Å²) in [7, 11) is 0. The molecule has 0 bridgehead atoms. The average molecular weight is 254 g/mol. The van der Waals surface area contributed by atoms with Gasteiger partial charge >= 0.3 is 0 Å². The fourth-order valence-electron chi connectivity index (χ4n) is 2.11. The van der Waals surface area contributed by atoms with E-state index in [1.54, 1.807) is 0 Å². The molecule has 2 aromatic rings. The van der Waals surface area contributed by atoms with Gasteiger partial charge in [0.25, 0.3) is 0 Å². The fraction of sp³-hybridized carbons (Fsp3) is 0.400. The molecule has 3 rings (SSSR count). The van der Waals surface area contributed by atoms with Crippen LogP contribution in [0.1, 0.15) is 37.1 Å². The van der Waals surface area contributed by atoms with Crippen LogP contribution >= 0.6 is 0 Å². The van der Waals surface area contributed by atoms with Gasteiger partial charge in [-0.05, 0) is 38.8 Å². The van der Waals surface area contributed by atoms with E-state index in [0.717, 1.165) is 35.3 Å². The van der Waals surface area contributed by atoms with Gasteiger partial charge in [0, 0.05) is 29.9 Å². The highest BCUT2D eigenvalue weighted by Gasteiger charge is 2.26. The van der Waals surface area contributed by atoms with Crippen molar-refractivity contribution in [2.45, 2.75) is 32.6 Å². The van der Waals surface area contributed by atoms with Crippen molar-refractivity contribution in [3.63, 3.8) is 0 Å². The van der Waals surface area contributed by atoms with Crippen LogP contribution in [0, 0.1) is 6.92 Å². The second-order valence-corrected chi connectivity index (χ2v) is 4.97. The highest BCUT2D eigenvalue weighted by Crippen LogP contribution is 2.40. The largest absolute Gasteiger partial charge is 0.370 e. The number of nitrogens with zero attached hydrogens (tertiary/aromatic N) is 3. The summed E-state index contributed by atoms with van der Waals surface area (Å²) >= 11 is 0. The first kappa shape index (κ1) is 12.1. The van der Waals surface area contributed by atoms with Crippen LogP contribution in [0.2, 0.25) is 0 Å². The maximum atomic E-state index is 4.68. The number of hydrogen-bond donors (Lipinski definition) is 1. The van der Waals surface area contributed by atoms with Crippen LogP contribution in [0.25, 0.3) is 11.5 Å². The summed E-state index contributed by atoms with van der Waals surface area (Å²) in [6, 6.07) is 8.02. The minimum Gasteiger partial charge on any atom is -0.370 e. The van der Waals surface area contributed by atoms with Crippen LogP contribution in [-0.4, -0.2) is 21.5 Å². The van der Waals surface area contributed by atoms with E-state index in [1.165, 1.54) is 12.8 Å². The van der Waals surface area contributed by atoms with Crippen molar-refractivity contribution in [1.82, 2.24) is 15.0 Å². The van der Waals surface area contributed by atoms with E-state index in [2.05, 4.69) is 33.3 Å². The van der Waals surface area contributed by atoms with Crippen molar-refractivity contribution in [3.8, 4) is 11.5 Å². The van der Waals surface area contributed by atoms with Crippen LogP contribution in [0.15, 0.2) is 24.3 Å². The summed E-state index contributed by atoms with van der Waals surface area (Å²) in [5.74, 6) is 2.24. The van der Waals surface area contributed by atoms with Crippen LogP contribution < -0.4 is 5.32 Å². The fourth-order valence-corrected chi connectivity index (χ4v) is 2.11. The van der Waals surface area contributed by atoms with Gasteiger partial charge in [-0.15, -0.1) is 0 Å². The highest BCUT2D eigenvalue weighted by molar-refractivity contribution is 5.54. The molecule has 0 saturated heterocycles. The molecule has 1 aliphatic rings. The normalized spacial score (nSPS) is 14.4. The Labute approximate surface area is 113 Å². The van der Waals surface area contributed by atoms with Gasteiger partial charge in [-0.3, -0.25) is 0 Å². The molecule has 1 fully saturated rings. The molecular formula is C15H18N4. The summed E-state index contributed by atoms with van der Waals surface area (Å²) in [6.45, 7) is 4.92. The predicted octanol–water partition coefficient (Wildman–Crippen LogP) is 3.16. The lowest BCUT2D eigenvalue weighted by Gasteiger charge is -2.08. The first-order chi connectivity index (χ1) is 9.26. The molecule has 0 spiro atoms. The van der Waals surface area contributed by atoms with Gasteiger partial charge in [-0.25, -0.2) is 15.0 Å². The second-order valence-electron chi connectivity index (χ2n) is 4.97. The standard InChI is InChI=1S/C15H18N4/c1-3-16-14-9-13(11-7-8-11)18-15(19-14)12-6-4-5-10(2)17-12/h4-6,9,11H,3,7-8H2,1-2H3,(H,16,18,19). The van der Waals surface area contributed by atoms with Crippen LogP contribution in [0.3, 0.4) is 0 Å².